The first-order valence-electron chi connectivity index (χ1n) is 8.45. The molecule has 0 N–H and O–H groups in total. The molecule has 1 atom stereocenters. The van der Waals surface area contributed by atoms with Crippen molar-refractivity contribution in [3.05, 3.63) is 34.9 Å². The van der Waals surface area contributed by atoms with E-state index in [9.17, 15) is 4.79 Å². The third-order valence-corrected chi connectivity index (χ3v) is 4.01. The first-order chi connectivity index (χ1) is 11.6. The van der Waals surface area contributed by atoms with E-state index in [0.29, 0.717) is 26.2 Å². The predicted octanol–water partition coefficient (Wildman–Crippen LogP) is 4.36. The van der Waals surface area contributed by atoms with Gasteiger partial charge in [0.15, 0.2) is 0 Å². The molecule has 2 rings (SSSR count). The van der Waals surface area contributed by atoms with Crippen LogP contribution in [0.1, 0.15) is 38.2 Å². The van der Waals surface area contributed by atoms with Gasteiger partial charge in [-0.3, -0.25) is 0 Å². The third-order valence-electron chi connectivity index (χ3n) is 3.76. The second-order valence-corrected chi connectivity index (χ2v) is 6.22. The Bertz CT molecular complexity index is 499. The SMILES string of the molecule is CCOC(=O)OC1(CCCOCCCCc2ccc(Cl)cc2)CO1. The van der Waals surface area contributed by atoms with Crippen LogP contribution in [0.4, 0.5) is 4.79 Å². The number of hydrogen-bond acceptors (Lipinski definition) is 5. The molecular formula is C18H25ClO5. The van der Waals surface area contributed by atoms with Crippen LogP contribution in [0.15, 0.2) is 24.3 Å². The van der Waals surface area contributed by atoms with Crippen molar-refractivity contribution in [2.45, 2.75) is 44.8 Å². The monoisotopic (exact) mass is 356 g/mol. The molecule has 1 aliphatic heterocycles. The van der Waals surface area contributed by atoms with E-state index in [1.165, 1.54) is 5.56 Å². The van der Waals surface area contributed by atoms with Crippen molar-refractivity contribution in [1.29, 1.82) is 0 Å². The molecule has 0 amide bonds. The molecule has 1 heterocycles. The van der Waals surface area contributed by atoms with Gasteiger partial charge in [-0.2, -0.15) is 0 Å². The Hall–Kier alpha value is -1.30. The summed E-state index contributed by atoms with van der Waals surface area (Å²) in [7, 11) is 0. The third kappa shape index (κ3) is 7.07. The lowest BCUT2D eigenvalue weighted by molar-refractivity contribution is -0.0410. The van der Waals surface area contributed by atoms with E-state index in [2.05, 4.69) is 12.1 Å². The van der Waals surface area contributed by atoms with Gasteiger partial charge in [0.05, 0.1) is 6.61 Å². The summed E-state index contributed by atoms with van der Waals surface area (Å²) in [5, 5.41) is 0.770. The maximum atomic E-state index is 11.3. The maximum absolute atomic E-state index is 11.3. The molecule has 0 aliphatic carbocycles. The average molecular weight is 357 g/mol. The minimum absolute atomic E-state index is 0.300. The van der Waals surface area contributed by atoms with Crippen molar-refractivity contribution in [1.82, 2.24) is 0 Å². The Labute approximate surface area is 148 Å². The molecular weight excluding hydrogens is 332 g/mol. The molecule has 5 nitrogen and oxygen atoms in total. The summed E-state index contributed by atoms with van der Waals surface area (Å²) >= 11 is 5.86. The highest BCUT2D eigenvalue weighted by molar-refractivity contribution is 6.30. The number of epoxide rings is 1. The lowest BCUT2D eigenvalue weighted by atomic mass is 10.1. The van der Waals surface area contributed by atoms with Gasteiger partial charge in [-0.15, -0.1) is 0 Å². The van der Waals surface area contributed by atoms with E-state index in [1.807, 2.05) is 12.1 Å². The molecule has 1 fully saturated rings. The van der Waals surface area contributed by atoms with Crippen molar-refractivity contribution < 1.29 is 23.7 Å². The molecule has 1 saturated heterocycles. The van der Waals surface area contributed by atoms with Crippen LogP contribution < -0.4 is 0 Å². The van der Waals surface area contributed by atoms with Crippen molar-refractivity contribution in [2.24, 2.45) is 0 Å². The highest BCUT2D eigenvalue weighted by atomic mass is 35.5. The molecule has 1 aliphatic rings. The summed E-state index contributed by atoms with van der Waals surface area (Å²) in [4.78, 5) is 11.3. The summed E-state index contributed by atoms with van der Waals surface area (Å²) < 4.78 is 20.7. The zero-order valence-corrected chi connectivity index (χ0v) is 14.8. The van der Waals surface area contributed by atoms with Gasteiger partial charge in [-0.05, 0) is 50.3 Å². The summed E-state index contributed by atoms with van der Waals surface area (Å²) in [6, 6.07) is 7.95. The zero-order valence-electron chi connectivity index (χ0n) is 14.1. The molecule has 0 spiro atoms. The van der Waals surface area contributed by atoms with Crippen molar-refractivity contribution >= 4 is 17.8 Å². The molecule has 1 aromatic rings. The van der Waals surface area contributed by atoms with Crippen molar-refractivity contribution in [3.8, 4) is 0 Å². The van der Waals surface area contributed by atoms with E-state index in [-0.39, 0.29) is 0 Å². The smallest absolute Gasteiger partial charge is 0.435 e. The highest BCUT2D eigenvalue weighted by Gasteiger charge is 2.49. The zero-order chi connectivity index (χ0) is 17.3. The van der Waals surface area contributed by atoms with Crippen LogP contribution in [0, 0.1) is 0 Å². The lowest BCUT2D eigenvalue weighted by Crippen LogP contribution is -2.22. The van der Waals surface area contributed by atoms with Gasteiger partial charge in [0.25, 0.3) is 0 Å². The number of carbonyl (C=O) groups is 1. The largest absolute Gasteiger partial charge is 0.510 e. The number of ether oxygens (including phenoxy) is 4. The number of benzene rings is 1. The molecule has 1 aromatic carbocycles. The summed E-state index contributed by atoms with van der Waals surface area (Å²) in [6.45, 7) is 3.85. The second kappa shape index (κ2) is 9.87. The Balaban J connectivity index is 1.45. The maximum Gasteiger partial charge on any atom is 0.510 e. The number of carbonyl (C=O) groups excluding carboxylic acids is 1. The highest BCUT2D eigenvalue weighted by Crippen LogP contribution is 2.34. The quantitative estimate of drug-likeness (QED) is 0.335. The first kappa shape index (κ1) is 19.0. The molecule has 6 heteroatoms. The van der Waals surface area contributed by atoms with Crippen LogP contribution in [0.3, 0.4) is 0 Å². The molecule has 1 unspecified atom stereocenters. The van der Waals surface area contributed by atoms with Crippen LogP contribution in [0.25, 0.3) is 0 Å². The first-order valence-corrected chi connectivity index (χ1v) is 8.83. The topological polar surface area (TPSA) is 57.3 Å². The Morgan fingerprint density at radius 3 is 2.58 bits per heavy atom. The Kier molecular flexibility index (Phi) is 7.82. The van der Waals surface area contributed by atoms with Crippen molar-refractivity contribution in [3.63, 3.8) is 0 Å². The van der Waals surface area contributed by atoms with Gasteiger partial charge in [0.2, 0.25) is 5.79 Å². The van der Waals surface area contributed by atoms with E-state index in [4.69, 9.17) is 30.5 Å². The number of hydrogen-bond donors (Lipinski definition) is 0. The molecule has 0 saturated carbocycles. The molecule has 0 bridgehead atoms. The number of rotatable bonds is 11. The average Bonchev–Trinajstić information content (AvgIpc) is 3.31. The number of halogens is 1. The summed E-state index contributed by atoms with van der Waals surface area (Å²) in [6.07, 6.45) is 3.89. The van der Waals surface area contributed by atoms with E-state index in [0.717, 1.165) is 37.3 Å². The van der Waals surface area contributed by atoms with Crippen molar-refractivity contribution in [2.75, 3.05) is 26.4 Å². The normalized spacial score (nSPS) is 19.1. The fourth-order valence-electron chi connectivity index (χ4n) is 2.36. The summed E-state index contributed by atoms with van der Waals surface area (Å²) in [5.41, 5.74) is 1.29. The molecule has 0 radical (unpaired) electrons. The number of unbranched alkanes of at least 4 members (excludes halogenated alkanes) is 1. The fourth-order valence-corrected chi connectivity index (χ4v) is 2.49. The van der Waals surface area contributed by atoms with Gasteiger partial charge in [-0.25, -0.2) is 4.79 Å². The van der Waals surface area contributed by atoms with Gasteiger partial charge in [-0.1, -0.05) is 23.7 Å². The molecule has 24 heavy (non-hydrogen) atoms. The van der Waals surface area contributed by atoms with Crippen LogP contribution in [-0.4, -0.2) is 38.4 Å². The van der Waals surface area contributed by atoms with Crippen LogP contribution in [-0.2, 0) is 25.4 Å². The van der Waals surface area contributed by atoms with E-state index >= 15 is 0 Å². The van der Waals surface area contributed by atoms with Gasteiger partial charge >= 0.3 is 6.16 Å². The van der Waals surface area contributed by atoms with Crippen LogP contribution >= 0.6 is 11.6 Å². The predicted molar refractivity (Wildman–Crippen MR) is 91.2 cm³/mol. The fraction of sp³-hybridized carbons (Fsp3) is 0.611. The Morgan fingerprint density at radius 1 is 1.21 bits per heavy atom. The van der Waals surface area contributed by atoms with E-state index in [1.54, 1.807) is 6.92 Å². The molecule has 134 valence electrons. The van der Waals surface area contributed by atoms with E-state index < -0.39 is 11.9 Å². The lowest BCUT2D eigenvalue weighted by Gasteiger charge is -2.12. The number of aryl methyl sites for hydroxylation is 1. The minimum atomic E-state index is -0.774. The standard InChI is InChI=1S/C18H25ClO5/c1-2-22-17(20)24-18(14-23-18)11-5-13-21-12-4-3-6-15-7-9-16(19)10-8-15/h7-10H,2-6,11-14H2,1H3. The second-order valence-electron chi connectivity index (χ2n) is 5.78. The van der Waals surface area contributed by atoms with Gasteiger partial charge < -0.3 is 18.9 Å². The van der Waals surface area contributed by atoms with Gasteiger partial charge in [0.1, 0.15) is 6.61 Å². The van der Waals surface area contributed by atoms with Crippen LogP contribution in [0.5, 0.6) is 0 Å². The van der Waals surface area contributed by atoms with Crippen LogP contribution in [0.2, 0.25) is 5.02 Å². The summed E-state index contributed by atoms with van der Waals surface area (Å²) in [5.74, 6) is -0.774. The van der Waals surface area contributed by atoms with Gasteiger partial charge in [0, 0.05) is 24.7 Å². The minimum Gasteiger partial charge on any atom is -0.435 e. The molecule has 0 aromatic heterocycles. The Morgan fingerprint density at radius 2 is 1.92 bits per heavy atom.